The first-order chi connectivity index (χ1) is 15.6. The predicted octanol–water partition coefficient (Wildman–Crippen LogP) is 4.41. The summed E-state index contributed by atoms with van der Waals surface area (Å²) in [5, 5.41) is 3.08. The van der Waals surface area contributed by atoms with Crippen LogP contribution in [-0.4, -0.2) is 47.6 Å². The monoisotopic (exact) mass is 454 g/mol. The minimum atomic E-state index is -0.484. The molecule has 6 nitrogen and oxygen atoms in total. The predicted molar refractivity (Wildman–Crippen MR) is 126 cm³/mol. The van der Waals surface area contributed by atoms with E-state index in [-0.39, 0.29) is 24.0 Å². The van der Waals surface area contributed by atoms with Crippen molar-refractivity contribution in [1.29, 1.82) is 0 Å². The van der Waals surface area contributed by atoms with E-state index in [4.69, 9.17) is 9.47 Å². The van der Waals surface area contributed by atoms with E-state index in [1.165, 1.54) is 12.8 Å². The molecule has 0 radical (unpaired) electrons. The number of ether oxygens (including phenoxy) is 2. The van der Waals surface area contributed by atoms with Crippen LogP contribution < -0.4 is 14.8 Å². The molecular formula is C25H30N2O4S. The molecule has 2 fully saturated rings. The maximum absolute atomic E-state index is 13.1. The van der Waals surface area contributed by atoms with Crippen molar-refractivity contribution < 1.29 is 19.1 Å². The van der Waals surface area contributed by atoms with Crippen molar-refractivity contribution in [2.75, 3.05) is 18.7 Å². The Morgan fingerprint density at radius 1 is 1.09 bits per heavy atom. The van der Waals surface area contributed by atoms with Gasteiger partial charge in [0, 0.05) is 11.3 Å². The first kappa shape index (κ1) is 22.5. The van der Waals surface area contributed by atoms with Crippen LogP contribution in [-0.2, 0) is 4.79 Å². The quantitative estimate of drug-likeness (QED) is 0.671. The van der Waals surface area contributed by atoms with Gasteiger partial charge in [-0.2, -0.15) is 0 Å². The average molecular weight is 455 g/mol. The first-order valence-corrected chi connectivity index (χ1v) is 12.3. The van der Waals surface area contributed by atoms with Crippen molar-refractivity contribution in [1.82, 2.24) is 10.2 Å². The van der Waals surface area contributed by atoms with Crippen LogP contribution in [0, 0.1) is 0 Å². The molecule has 7 heteroatoms. The number of methoxy groups -OCH3 is 1. The number of amides is 2. The SMILES string of the molecule is COc1cc(C(C)NC(=O)[C@@H]2CSCN2C(=O)c2ccccc2)ccc1OC1CCCC1. The fourth-order valence-electron chi connectivity index (χ4n) is 4.24. The number of hydrogen-bond donors (Lipinski definition) is 1. The largest absolute Gasteiger partial charge is 0.493 e. The molecule has 1 unspecified atom stereocenters. The van der Waals surface area contributed by atoms with Gasteiger partial charge in [-0.1, -0.05) is 24.3 Å². The molecule has 1 heterocycles. The Bertz CT molecular complexity index is 946. The Hall–Kier alpha value is -2.67. The lowest BCUT2D eigenvalue weighted by molar-refractivity contribution is -0.125. The van der Waals surface area contributed by atoms with E-state index in [1.807, 2.05) is 43.3 Å². The summed E-state index contributed by atoms with van der Waals surface area (Å²) in [4.78, 5) is 27.6. The fraction of sp³-hybridized carbons (Fsp3) is 0.440. The normalized spacial score (nSPS) is 19.6. The molecule has 2 aromatic rings. The number of carbonyl (C=O) groups excluding carboxylic acids is 2. The average Bonchev–Trinajstić information content (AvgIpc) is 3.51. The summed E-state index contributed by atoms with van der Waals surface area (Å²) in [6.07, 6.45) is 4.82. The molecule has 4 rings (SSSR count). The highest BCUT2D eigenvalue weighted by Gasteiger charge is 2.35. The number of thioether (sulfide) groups is 1. The van der Waals surface area contributed by atoms with Gasteiger partial charge < -0.3 is 19.7 Å². The zero-order chi connectivity index (χ0) is 22.5. The van der Waals surface area contributed by atoms with Crippen molar-refractivity contribution in [2.24, 2.45) is 0 Å². The maximum Gasteiger partial charge on any atom is 0.255 e. The second kappa shape index (κ2) is 10.3. The van der Waals surface area contributed by atoms with Crippen LogP contribution >= 0.6 is 11.8 Å². The van der Waals surface area contributed by atoms with E-state index in [0.29, 0.717) is 22.9 Å². The smallest absolute Gasteiger partial charge is 0.255 e. The molecule has 2 amide bonds. The summed E-state index contributed by atoms with van der Waals surface area (Å²) >= 11 is 1.60. The minimum absolute atomic E-state index is 0.113. The van der Waals surface area contributed by atoms with Crippen molar-refractivity contribution in [3.8, 4) is 11.5 Å². The second-order valence-electron chi connectivity index (χ2n) is 8.32. The van der Waals surface area contributed by atoms with Crippen molar-refractivity contribution >= 4 is 23.6 Å². The van der Waals surface area contributed by atoms with E-state index >= 15 is 0 Å². The van der Waals surface area contributed by atoms with E-state index in [1.54, 1.807) is 35.9 Å². The molecule has 2 aromatic carbocycles. The van der Waals surface area contributed by atoms with Gasteiger partial charge in [0.2, 0.25) is 5.91 Å². The van der Waals surface area contributed by atoms with E-state index in [9.17, 15) is 9.59 Å². The van der Waals surface area contributed by atoms with E-state index in [2.05, 4.69) is 5.32 Å². The number of benzene rings is 2. The summed E-state index contributed by atoms with van der Waals surface area (Å²) in [7, 11) is 1.63. The summed E-state index contributed by atoms with van der Waals surface area (Å²) in [6.45, 7) is 1.94. The molecule has 1 aliphatic carbocycles. The first-order valence-electron chi connectivity index (χ1n) is 11.2. The number of nitrogens with zero attached hydrogens (tertiary/aromatic N) is 1. The van der Waals surface area contributed by atoms with Crippen molar-refractivity contribution in [3.63, 3.8) is 0 Å². The van der Waals surface area contributed by atoms with E-state index < -0.39 is 6.04 Å². The zero-order valence-electron chi connectivity index (χ0n) is 18.6. The Balaban J connectivity index is 1.42. The molecule has 32 heavy (non-hydrogen) atoms. The van der Waals surface area contributed by atoms with Crippen LogP contribution in [0.2, 0.25) is 0 Å². The lowest BCUT2D eigenvalue weighted by Crippen LogP contribution is -2.47. The highest BCUT2D eigenvalue weighted by atomic mass is 32.2. The molecule has 2 atom stereocenters. The van der Waals surface area contributed by atoms with Crippen molar-refractivity contribution in [2.45, 2.75) is 50.8 Å². The molecule has 2 aliphatic rings. The third-order valence-corrected chi connectivity index (χ3v) is 7.12. The van der Waals surface area contributed by atoms with Crippen molar-refractivity contribution in [3.05, 3.63) is 59.7 Å². The molecule has 0 spiro atoms. The Labute approximate surface area is 193 Å². The van der Waals surface area contributed by atoms with Gasteiger partial charge in [-0.3, -0.25) is 9.59 Å². The zero-order valence-corrected chi connectivity index (χ0v) is 19.4. The summed E-state index contributed by atoms with van der Waals surface area (Å²) in [5.41, 5.74) is 1.53. The number of nitrogens with one attached hydrogen (secondary N) is 1. The second-order valence-corrected chi connectivity index (χ2v) is 9.32. The van der Waals surface area contributed by atoms with Gasteiger partial charge in [-0.15, -0.1) is 11.8 Å². The molecule has 1 saturated carbocycles. The summed E-state index contributed by atoms with van der Waals surface area (Å²) in [6, 6.07) is 14.2. The Morgan fingerprint density at radius 3 is 2.56 bits per heavy atom. The lowest BCUT2D eigenvalue weighted by Gasteiger charge is -2.25. The van der Waals surface area contributed by atoms with Gasteiger partial charge in [0.25, 0.3) is 5.91 Å². The highest BCUT2D eigenvalue weighted by molar-refractivity contribution is 7.99. The van der Waals surface area contributed by atoms with E-state index in [0.717, 1.165) is 24.2 Å². The Morgan fingerprint density at radius 2 is 1.84 bits per heavy atom. The molecule has 170 valence electrons. The van der Waals surface area contributed by atoms with Gasteiger partial charge in [-0.05, 0) is 62.4 Å². The molecule has 1 aliphatic heterocycles. The summed E-state index contributed by atoms with van der Waals surface area (Å²) in [5.74, 6) is 2.27. The lowest BCUT2D eigenvalue weighted by atomic mass is 10.1. The van der Waals surface area contributed by atoms with Crippen LogP contribution in [0.3, 0.4) is 0 Å². The van der Waals surface area contributed by atoms with Crippen LogP contribution in [0.15, 0.2) is 48.5 Å². The van der Waals surface area contributed by atoms with Gasteiger partial charge in [0.05, 0.1) is 25.1 Å². The standard InChI is InChI=1S/C25H30N2O4S/c1-17(19-12-13-22(23(14-19)30-2)31-20-10-6-7-11-20)26-24(28)21-15-32-16-27(21)25(29)18-8-4-3-5-9-18/h3-5,8-9,12-14,17,20-21H,6-7,10-11,15-16H2,1-2H3,(H,26,28)/t17?,21-/m0/s1. The van der Waals surface area contributed by atoms with Gasteiger partial charge in [0.15, 0.2) is 11.5 Å². The topological polar surface area (TPSA) is 67.9 Å². The van der Waals surface area contributed by atoms with Gasteiger partial charge >= 0.3 is 0 Å². The number of rotatable bonds is 7. The van der Waals surface area contributed by atoms with Crippen LogP contribution in [0.25, 0.3) is 0 Å². The highest BCUT2D eigenvalue weighted by Crippen LogP contribution is 2.34. The third kappa shape index (κ3) is 5.04. The molecular weight excluding hydrogens is 424 g/mol. The Kier molecular flexibility index (Phi) is 7.25. The number of hydrogen-bond acceptors (Lipinski definition) is 5. The molecule has 0 bridgehead atoms. The minimum Gasteiger partial charge on any atom is -0.493 e. The maximum atomic E-state index is 13.1. The molecule has 1 N–H and O–H groups in total. The fourth-order valence-corrected chi connectivity index (χ4v) is 5.39. The third-order valence-electron chi connectivity index (χ3n) is 6.11. The van der Waals surface area contributed by atoms with Gasteiger partial charge in [-0.25, -0.2) is 0 Å². The van der Waals surface area contributed by atoms with Crippen LogP contribution in [0.1, 0.15) is 54.6 Å². The van der Waals surface area contributed by atoms with Gasteiger partial charge in [0.1, 0.15) is 6.04 Å². The molecule has 1 saturated heterocycles. The number of carbonyl (C=O) groups is 2. The van der Waals surface area contributed by atoms with Crippen LogP contribution in [0.4, 0.5) is 0 Å². The van der Waals surface area contributed by atoms with Crippen LogP contribution in [0.5, 0.6) is 11.5 Å². The summed E-state index contributed by atoms with van der Waals surface area (Å²) < 4.78 is 11.7. The molecule has 0 aromatic heterocycles.